The summed E-state index contributed by atoms with van der Waals surface area (Å²) in [4.78, 5) is 37.5. The third-order valence-corrected chi connectivity index (χ3v) is 14.7. The van der Waals surface area contributed by atoms with Crippen molar-refractivity contribution < 1.29 is 27.6 Å². The van der Waals surface area contributed by atoms with E-state index < -0.39 is 31.4 Å². The molecule has 1 amide bonds. The van der Waals surface area contributed by atoms with Crippen LogP contribution in [0.3, 0.4) is 0 Å². The Morgan fingerprint density at radius 3 is 2.57 bits per heavy atom. The van der Waals surface area contributed by atoms with E-state index in [-0.39, 0.29) is 28.3 Å². The predicted octanol–water partition coefficient (Wildman–Crippen LogP) is 7.90. The fourth-order valence-electron chi connectivity index (χ4n) is 10.0. The van der Waals surface area contributed by atoms with Crippen molar-refractivity contribution in [1.29, 1.82) is 0 Å². The number of carbonyl (C=O) groups excluding carboxylic acids is 1. The van der Waals surface area contributed by atoms with Crippen molar-refractivity contribution in [2.24, 2.45) is 11.3 Å². The van der Waals surface area contributed by atoms with Crippen LogP contribution in [-0.4, -0.2) is 79.6 Å². The summed E-state index contributed by atoms with van der Waals surface area (Å²) in [5, 5.41) is 16.0. The standard InChI is InChI=1S/C45H49N7O7S/c53-44(49-60(56,57)35-10-12-39(41(22-35)52(54)55)47-25-29-14-18-58-19-15-29)38-11-9-32(21-42(38)59-34-20-31-13-16-46-43(31)48-26-34)50-27-45(28-50)23-33(24-45)51-17-3-6-40(51)37-5-2-1-4-36(37)30-7-8-30/h1-2,4-5,9-13,16,20-22,26,29-30,33,40,47H,3,6-8,14-15,17-19,23-25,27-28H2,(H,46,48)(H,49,53)/t40-/m1/s1. The SMILES string of the molecule is O=C(NS(=O)(=O)c1ccc(NCC2CCOCC2)c([N+](=O)[O-])c1)c1ccc(N2CC3(CC(N4CCC[C@@H]4c4ccccc4C4CC4)C3)C2)cc1Oc1cnc2[nH]ccc2c1. The van der Waals surface area contributed by atoms with Gasteiger partial charge in [0.05, 0.1) is 21.6 Å². The molecule has 1 atom stereocenters. The van der Waals surface area contributed by atoms with Crippen LogP contribution < -0.4 is 19.7 Å². The van der Waals surface area contributed by atoms with Crippen molar-refractivity contribution in [2.45, 2.75) is 74.3 Å². The molecule has 2 aromatic heterocycles. The molecule has 0 radical (unpaired) electrons. The number of likely N-dealkylation sites (tertiary alicyclic amines) is 1. The van der Waals surface area contributed by atoms with E-state index >= 15 is 0 Å². The number of aromatic amines is 1. The molecule has 5 aromatic rings. The number of hydrogen-bond acceptors (Lipinski definition) is 11. The minimum absolute atomic E-state index is 0.00811. The fraction of sp³-hybridized carbons (Fsp3) is 0.422. The van der Waals surface area contributed by atoms with Gasteiger partial charge in [-0.15, -0.1) is 0 Å². The highest BCUT2D eigenvalue weighted by atomic mass is 32.2. The number of carbonyl (C=O) groups is 1. The quantitative estimate of drug-likeness (QED) is 0.0778. The van der Waals surface area contributed by atoms with Crippen LogP contribution in [0.15, 0.2) is 90.1 Å². The van der Waals surface area contributed by atoms with Crippen LogP contribution in [0.25, 0.3) is 11.0 Å². The second kappa shape index (κ2) is 15.5. The Morgan fingerprint density at radius 1 is 0.983 bits per heavy atom. The zero-order chi connectivity index (χ0) is 41.0. The highest BCUT2D eigenvalue weighted by Crippen LogP contribution is 2.55. The first kappa shape index (κ1) is 38.7. The van der Waals surface area contributed by atoms with Gasteiger partial charge in [-0.3, -0.25) is 19.8 Å². The van der Waals surface area contributed by atoms with E-state index in [1.54, 1.807) is 36.2 Å². The molecule has 2 aliphatic carbocycles. The monoisotopic (exact) mass is 831 g/mol. The van der Waals surface area contributed by atoms with Crippen LogP contribution in [0.2, 0.25) is 0 Å². The molecule has 14 nitrogen and oxygen atoms in total. The largest absolute Gasteiger partial charge is 0.455 e. The molecule has 15 heteroatoms. The van der Waals surface area contributed by atoms with Crippen LogP contribution in [0, 0.1) is 21.4 Å². The lowest BCUT2D eigenvalue weighted by molar-refractivity contribution is -0.384. The first-order valence-corrected chi connectivity index (χ1v) is 22.6. The number of sulfonamides is 1. The summed E-state index contributed by atoms with van der Waals surface area (Å²) in [6, 6.07) is 22.6. The smallest absolute Gasteiger partial charge is 0.293 e. The first-order valence-electron chi connectivity index (χ1n) is 21.1. The lowest BCUT2D eigenvalue weighted by Gasteiger charge is -2.62. The summed E-state index contributed by atoms with van der Waals surface area (Å²) in [5.74, 6) is 0.627. The van der Waals surface area contributed by atoms with Gasteiger partial charge >= 0.3 is 0 Å². The summed E-state index contributed by atoms with van der Waals surface area (Å²) >= 11 is 0. The number of hydrogen-bond donors (Lipinski definition) is 3. The maximum absolute atomic E-state index is 13.9. The molecule has 0 bridgehead atoms. The normalized spacial score (nSPS) is 20.8. The number of amides is 1. The molecular weight excluding hydrogens is 783 g/mol. The van der Waals surface area contributed by atoms with Crippen molar-refractivity contribution in [3.8, 4) is 11.5 Å². The third-order valence-electron chi connectivity index (χ3n) is 13.3. The molecule has 3 saturated heterocycles. The molecule has 5 heterocycles. The minimum Gasteiger partial charge on any atom is -0.455 e. The fourth-order valence-corrected chi connectivity index (χ4v) is 11.0. The predicted molar refractivity (Wildman–Crippen MR) is 227 cm³/mol. The zero-order valence-electron chi connectivity index (χ0n) is 33.3. The van der Waals surface area contributed by atoms with E-state index in [1.165, 1.54) is 43.4 Å². The molecule has 2 saturated carbocycles. The van der Waals surface area contributed by atoms with Crippen molar-refractivity contribution in [1.82, 2.24) is 19.6 Å². The molecule has 1 spiro atoms. The summed E-state index contributed by atoms with van der Waals surface area (Å²) in [5.41, 5.74) is 4.67. The number of nitrogens with one attached hydrogen (secondary N) is 3. The molecule has 60 heavy (non-hydrogen) atoms. The van der Waals surface area contributed by atoms with Crippen molar-refractivity contribution in [2.75, 3.05) is 49.6 Å². The number of ether oxygens (including phenoxy) is 2. The van der Waals surface area contributed by atoms with E-state index in [4.69, 9.17) is 9.47 Å². The Kier molecular flexibility index (Phi) is 10.00. The summed E-state index contributed by atoms with van der Waals surface area (Å²) in [7, 11) is -4.53. The first-order chi connectivity index (χ1) is 29.1. The van der Waals surface area contributed by atoms with Gasteiger partial charge in [-0.25, -0.2) is 18.1 Å². The van der Waals surface area contributed by atoms with E-state index in [9.17, 15) is 23.3 Å². The summed E-state index contributed by atoms with van der Waals surface area (Å²) in [6.45, 7) is 4.68. The van der Waals surface area contributed by atoms with Crippen molar-refractivity contribution in [3.05, 3.63) is 112 Å². The molecule has 0 unspecified atom stereocenters. The Hall–Kier alpha value is -5.51. The van der Waals surface area contributed by atoms with Crippen LogP contribution in [0.4, 0.5) is 17.1 Å². The van der Waals surface area contributed by atoms with Gasteiger partial charge in [-0.2, -0.15) is 0 Å². The van der Waals surface area contributed by atoms with Gasteiger partial charge in [-0.05, 0) is 117 Å². The second-order valence-electron chi connectivity index (χ2n) is 17.4. The average molecular weight is 832 g/mol. The molecular formula is C45H49N7O7S. The minimum atomic E-state index is -4.53. The molecule has 10 rings (SSSR count). The number of anilines is 2. The van der Waals surface area contributed by atoms with E-state index in [0.717, 1.165) is 68.4 Å². The summed E-state index contributed by atoms with van der Waals surface area (Å²) in [6.07, 6.45) is 12.3. The van der Waals surface area contributed by atoms with E-state index in [2.05, 4.69) is 54.1 Å². The number of nitrogens with zero attached hydrogens (tertiary/aromatic N) is 4. The number of nitro benzene ring substituents is 1. The summed E-state index contributed by atoms with van der Waals surface area (Å²) < 4.78 is 41.2. The van der Waals surface area contributed by atoms with E-state index in [1.807, 2.05) is 12.1 Å². The van der Waals surface area contributed by atoms with Crippen LogP contribution in [-0.2, 0) is 14.8 Å². The van der Waals surface area contributed by atoms with Crippen molar-refractivity contribution >= 4 is 44.0 Å². The number of pyridine rings is 1. The molecule has 3 aromatic carbocycles. The van der Waals surface area contributed by atoms with Crippen molar-refractivity contribution in [3.63, 3.8) is 0 Å². The number of rotatable bonds is 13. The highest BCUT2D eigenvalue weighted by Gasteiger charge is 2.55. The molecule has 3 N–H and O–H groups in total. The number of benzene rings is 3. The van der Waals surface area contributed by atoms with Crippen LogP contribution in [0.1, 0.15) is 84.8 Å². The van der Waals surface area contributed by atoms with E-state index in [0.29, 0.717) is 43.2 Å². The second-order valence-corrected chi connectivity index (χ2v) is 19.1. The zero-order valence-corrected chi connectivity index (χ0v) is 34.2. The lowest BCUT2D eigenvalue weighted by atomic mass is 9.60. The number of aromatic nitrogens is 2. The number of fused-ring (bicyclic) bond motifs is 1. The molecule has 312 valence electrons. The van der Waals surface area contributed by atoms with Crippen LogP contribution >= 0.6 is 0 Å². The van der Waals surface area contributed by atoms with Gasteiger partial charge in [0.1, 0.15) is 22.8 Å². The maximum atomic E-state index is 13.9. The Bertz CT molecular complexity index is 2560. The third kappa shape index (κ3) is 7.58. The Balaban J connectivity index is 0.850. The number of H-pyrrole nitrogens is 1. The van der Waals surface area contributed by atoms with Gasteiger partial charge < -0.3 is 24.7 Å². The molecule has 5 fully saturated rings. The van der Waals surface area contributed by atoms with Gasteiger partial charge in [0.25, 0.3) is 21.6 Å². The number of nitro groups is 1. The van der Waals surface area contributed by atoms with Gasteiger partial charge in [0.15, 0.2) is 0 Å². The Labute approximate surface area is 348 Å². The average Bonchev–Trinajstić information content (AvgIpc) is 3.77. The van der Waals surface area contributed by atoms with Gasteiger partial charge in [-0.1, -0.05) is 24.3 Å². The van der Waals surface area contributed by atoms with Crippen LogP contribution in [0.5, 0.6) is 11.5 Å². The topological polar surface area (TPSA) is 172 Å². The maximum Gasteiger partial charge on any atom is 0.293 e. The van der Waals surface area contributed by atoms with Gasteiger partial charge in [0, 0.05) is 79.7 Å². The molecule has 3 aliphatic heterocycles. The lowest BCUT2D eigenvalue weighted by Crippen LogP contribution is -2.66. The Morgan fingerprint density at radius 2 is 1.78 bits per heavy atom. The highest BCUT2D eigenvalue weighted by molar-refractivity contribution is 7.90. The van der Waals surface area contributed by atoms with Gasteiger partial charge in [0.2, 0.25) is 0 Å². The molecule has 5 aliphatic rings.